The number of ketones is 1. The number of aromatic nitrogens is 2. The van der Waals surface area contributed by atoms with Gasteiger partial charge in [0, 0.05) is 23.9 Å². The summed E-state index contributed by atoms with van der Waals surface area (Å²) in [7, 11) is 0. The van der Waals surface area contributed by atoms with E-state index >= 15 is 0 Å². The summed E-state index contributed by atoms with van der Waals surface area (Å²) < 4.78 is 1.45. The molecule has 1 aromatic heterocycles. The molecule has 1 atom stereocenters. The monoisotopic (exact) mass is 383 g/mol. The average molecular weight is 383 g/mol. The lowest BCUT2D eigenvalue weighted by Crippen LogP contribution is -2.32. The summed E-state index contributed by atoms with van der Waals surface area (Å²) in [6.07, 6.45) is 3.22. The number of imide groups is 1. The molecule has 1 aromatic carbocycles. The van der Waals surface area contributed by atoms with E-state index < -0.39 is 18.0 Å². The van der Waals surface area contributed by atoms with Gasteiger partial charge in [-0.05, 0) is 31.5 Å². The van der Waals surface area contributed by atoms with Crippen LogP contribution in [0.2, 0.25) is 0 Å². The van der Waals surface area contributed by atoms with Crippen LogP contribution in [-0.4, -0.2) is 38.7 Å². The van der Waals surface area contributed by atoms with Gasteiger partial charge in [0.15, 0.2) is 5.78 Å². The quantitative estimate of drug-likeness (QED) is 0.505. The van der Waals surface area contributed by atoms with E-state index in [1.54, 1.807) is 19.1 Å². The minimum Gasteiger partial charge on any atom is -0.508 e. The number of phenolic OH excluding ortho intramolecular Hbond substituents is 1. The maximum Gasteiger partial charge on any atom is 0.329 e. The smallest absolute Gasteiger partial charge is 0.329 e. The van der Waals surface area contributed by atoms with Crippen LogP contribution in [0.5, 0.6) is 5.75 Å². The number of amides is 3. The number of nitrogens with two attached hydrogens (primary N) is 1. The molecule has 146 valence electrons. The highest BCUT2D eigenvalue weighted by molar-refractivity contribution is 6.21. The molecule has 3 amide bonds. The lowest BCUT2D eigenvalue weighted by atomic mass is 10.1. The number of benzene rings is 1. The number of phenols is 1. The number of nitrogens with one attached hydrogen (secondary N) is 1. The lowest BCUT2D eigenvalue weighted by Gasteiger charge is -2.11. The van der Waals surface area contributed by atoms with Gasteiger partial charge in [-0.1, -0.05) is 12.1 Å². The van der Waals surface area contributed by atoms with Crippen molar-refractivity contribution in [1.29, 1.82) is 0 Å². The number of Topliss-reactive ketones (excluding diaryl/α,β-unsaturated/α-hetero) is 1. The van der Waals surface area contributed by atoms with E-state index in [1.165, 1.54) is 36.1 Å². The molecule has 2 aromatic rings. The first-order valence-corrected chi connectivity index (χ1v) is 8.67. The van der Waals surface area contributed by atoms with E-state index in [0.717, 1.165) is 10.5 Å². The van der Waals surface area contributed by atoms with Gasteiger partial charge in [-0.3, -0.25) is 14.3 Å². The first kappa shape index (κ1) is 19.2. The minimum absolute atomic E-state index is 0.131. The van der Waals surface area contributed by atoms with Crippen LogP contribution < -0.4 is 16.0 Å². The second-order valence-electron chi connectivity index (χ2n) is 6.66. The van der Waals surface area contributed by atoms with E-state index in [-0.39, 0.29) is 18.1 Å². The topological polar surface area (TPSA) is 131 Å². The molecule has 9 nitrogen and oxygen atoms in total. The zero-order chi connectivity index (χ0) is 20.4. The number of carbonyl (C=O) groups is 3. The summed E-state index contributed by atoms with van der Waals surface area (Å²) in [5.74, 6) is -0.428. The van der Waals surface area contributed by atoms with Gasteiger partial charge in [-0.2, -0.15) is 5.10 Å². The fraction of sp³-hybridized carbons (Fsp3) is 0.263. The first-order chi connectivity index (χ1) is 13.3. The van der Waals surface area contributed by atoms with Gasteiger partial charge in [0.25, 0.3) is 5.91 Å². The molecule has 0 aliphatic carbocycles. The SMILES string of the molecule is CC(=O)C(Cn1cc(N2C(=O)NC(Cc3ccc(O)cc3)C2=O)cn1)=C(C)N. The molecule has 1 aliphatic heterocycles. The lowest BCUT2D eigenvalue weighted by molar-refractivity contribution is -0.118. The molecular weight excluding hydrogens is 362 g/mol. The maximum absolute atomic E-state index is 12.7. The summed E-state index contributed by atoms with van der Waals surface area (Å²) in [6, 6.07) is 5.20. The zero-order valence-corrected chi connectivity index (χ0v) is 15.5. The van der Waals surface area contributed by atoms with Gasteiger partial charge < -0.3 is 16.2 Å². The van der Waals surface area contributed by atoms with E-state index in [0.29, 0.717) is 23.4 Å². The Morgan fingerprint density at radius 3 is 2.54 bits per heavy atom. The highest BCUT2D eigenvalue weighted by atomic mass is 16.3. The van der Waals surface area contributed by atoms with Gasteiger partial charge in [-0.25, -0.2) is 9.69 Å². The number of allylic oxidation sites excluding steroid dienone is 2. The van der Waals surface area contributed by atoms with Crippen LogP contribution in [-0.2, 0) is 22.6 Å². The Balaban J connectivity index is 1.75. The van der Waals surface area contributed by atoms with Crippen molar-refractivity contribution in [2.24, 2.45) is 5.73 Å². The van der Waals surface area contributed by atoms with Crippen LogP contribution in [0.25, 0.3) is 0 Å². The highest BCUT2D eigenvalue weighted by Gasteiger charge is 2.39. The van der Waals surface area contributed by atoms with Crippen LogP contribution in [0.1, 0.15) is 19.4 Å². The molecule has 9 heteroatoms. The molecule has 28 heavy (non-hydrogen) atoms. The molecule has 1 aliphatic rings. The van der Waals surface area contributed by atoms with Gasteiger partial charge in [0.05, 0.1) is 18.4 Å². The molecule has 0 radical (unpaired) electrons. The molecule has 2 heterocycles. The third kappa shape index (κ3) is 3.88. The van der Waals surface area contributed by atoms with Crippen molar-refractivity contribution in [3.8, 4) is 5.75 Å². The number of carbonyl (C=O) groups excluding carboxylic acids is 3. The number of aromatic hydroxyl groups is 1. The normalized spacial score (nSPS) is 17.5. The third-order valence-electron chi connectivity index (χ3n) is 4.49. The third-order valence-corrected chi connectivity index (χ3v) is 4.49. The first-order valence-electron chi connectivity index (χ1n) is 8.67. The molecule has 3 rings (SSSR count). The van der Waals surface area contributed by atoms with E-state index in [2.05, 4.69) is 10.4 Å². The van der Waals surface area contributed by atoms with Crippen molar-refractivity contribution < 1.29 is 19.5 Å². The van der Waals surface area contributed by atoms with E-state index in [4.69, 9.17) is 5.73 Å². The fourth-order valence-corrected chi connectivity index (χ4v) is 3.01. The van der Waals surface area contributed by atoms with Crippen molar-refractivity contribution in [3.63, 3.8) is 0 Å². The second kappa shape index (κ2) is 7.55. The summed E-state index contributed by atoms with van der Waals surface area (Å²) >= 11 is 0. The molecule has 0 bridgehead atoms. The largest absolute Gasteiger partial charge is 0.508 e. The number of hydrogen-bond acceptors (Lipinski definition) is 6. The summed E-state index contributed by atoms with van der Waals surface area (Å²) in [5, 5.41) is 16.1. The Bertz CT molecular complexity index is 957. The predicted octanol–water partition coefficient (Wildman–Crippen LogP) is 1.08. The number of urea groups is 1. The van der Waals surface area contributed by atoms with Gasteiger partial charge in [-0.15, -0.1) is 0 Å². The summed E-state index contributed by atoms with van der Waals surface area (Å²) in [5.41, 5.74) is 7.67. The fourth-order valence-electron chi connectivity index (χ4n) is 3.01. The van der Waals surface area contributed by atoms with Crippen LogP contribution in [0, 0.1) is 0 Å². The van der Waals surface area contributed by atoms with Crippen molar-refractivity contribution in [3.05, 3.63) is 53.5 Å². The highest BCUT2D eigenvalue weighted by Crippen LogP contribution is 2.22. The predicted molar refractivity (Wildman–Crippen MR) is 101 cm³/mol. The van der Waals surface area contributed by atoms with Gasteiger partial charge >= 0.3 is 6.03 Å². The molecule has 1 fully saturated rings. The molecular formula is C19H21N5O4. The van der Waals surface area contributed by atoms with Crippen LogP contribution in [0.15, 0.2) is 47.9 Å². The number of rotatable bonds is 6. The number of anilines is 1. The Hall–Kier alpha value is -3.62. The Labute approximate surface area is 161 Å². The average Bonchev–Trinajstić information content (AvgIpc) is 3.18. The number of nitrogens with zero attached hydrogens (tertiary/aromatic N) is 3. The summed E-state index contributed by atoms with van der Waals surface area (Å²) in [4.78, 5) is 37.7. The van der Waals surface area contributed by atoms with Crippen molar-refractivity contribution in [1.82, 2.24) is 15.1 Å². The standard InChI is InChI=1S/C19H21N5O4/c1-11(20)16(12(2)25)10-23-9-14(8-21-23)24-18(27)17(22-19(24)28)7-13-3-5-15(26)6-4-13/h3-6,8-9,17,26H,7,10,20H2,1-2H3,(H,22,28). The van der Waals surface area contributed by atoms with E-state index in [1.807, 2.05) is 0 Å². The van der Waals surface area contributed by atoms with Crippen LogP contribution in [0.4, 0.5) is 10.5 Å². The van der Waals surface area contributed by atoms with Crippen molar-refractivity contribution >= 4 is 23.4 Å². The molecule has 1 unspecified atom stereocenters. The Morgan fingerprint density at radius 2 is 1.93 bits per heavy atom. The van der Waals surface area contributed by atoms with Crippen molar-refractivity contribution in [2.75, 3.05) is 4.90 Å². The van der Waals surface area contributed by atoms with Gasteiger partial charge in [0.1, 0.15) is 11.8 Å². The van der Waals surface area contributed by atoms with Gasteiger partial charge in [0.2, 0.25) is 0 Å². The molecule has 0 spiro atoms. The van der Waals surface area contributed by atoms with E-state index in [9.17, 15) is 19.5 Å². The Kier molecular flexibility index (Phi) is 5.16. The minimum atomic E-state index is -0.709. The zero-order valence-electron chi connectivity index (χ0n) is 15.5. The molecule has 1 saturated heterocycles. The second-order valence-corrected chi connectivity index (χ2v) is 6.66. The maximum atomic E-state index is 12.7. The Morgan fingerprint density at radius 1 is 1.25 bits per heavy atom. The summed E-state index contributed by atoms with van der Waals surface area (Å²) in [6.45, 7) is 3.20. The van der Waals surface area contributed by atoms with Crippen LogP contribution >= 0.6 is 0 Å². The molecule has 0 saturated carbocycles. The van der Waals surface area contributed by atoms with Crippen molar-refractivity contribution in [2.45, 2.75) is 32.9 Å². The van der Waals surface area contributed by atoms with Crippen LogP contribution in [0.3, 0.4) is 0 Å². The molecule has 4 N–H and O–H groups in total. The number of hydrogen-bond donors (Lipinski definition) is 3.